The minimum atomic E-state index is -0.574. The van der Waals surface area contributed by atoms with E-state index < -0.39 is 12.7 Å². The summed E-state index contributed by atoms with van der Waals surface area (Å²) in [6.07, 6.45) is 0. The van der Waals surface area contributed by atoms with Crippen molar-refractivity contribution in [1.29, 1.82) is 0 Å². The smallest absolute Gasteiger partial charge is 0.109 e. The highest BCUT2D eigenvalue weighted by Crippen LogP contribution is 2.25. The lowest BCUT2D eigenvalue weighted by atomic mass is 10.1. The molecule has 1 aromatic rings. The fourth-order valence-electron chi connectivity index (χ4n) is 0.832. The lowest BCUT2D eigenvalue weighted by Gasteiger charge is -2.07. The second-order valence-electron chi connectivity index (χ2n) is 2.43. The molecule has 66 valence electrons. The van der Waals surface area contributed by atoms with Crippen LogP contribution < -0.4 is 5.73 Å². The van der Waals surface area contributed by atoms with Gasteiger partial charge in [-0.2, -0.15) is 0 Å². The molecule has 2 N–H and O–H groups in total. The van der Waals surface area contributed by atoms with Crippen LogP contribution in [-0.2, 0) is 0 Å². The molecule has 0 spiro atoms. The Hall–Kier alpha value is -0.120. The van der Waals surface area contributed by atoms with Crippen molar-refractivity contribution in [2.24, 2.45) is 5.73 Å². The van der Waals surface area contributed by atoms with Gasteiger partial charge in [0.25, 0.3) is 0 Å². The van der Waals surface area contributed by atoms with E-state index in [0.29, 0.717) is 10.6 Å². The molecule has 0 aromatic heterocycles. The molecule has 0 heterocycles. The molecular formula is C8H8BrClFN. The summed E-state index contributed by atoms with van der Waals surface area (Å²) in [7, 11) is 0. The van der Waals surface area contributed by atoms with E-state index in [2.05, 4.69) is 15.9 Å². The lowest BCUT2D eigenvalue weighted by molar-refractivity contribution is 0.437. The van der Waals surface area contributed by atoms with Crippen molar-refractivity contribution in [2.45, 2.75) is 6.04 Å². The molecule has 0 bridgehead atoms. The van der Waals surface area contributed by atoms with Gasteiger partial charge in [0.2, 0.25) is 0 Å². The monoisotopic (exact) mass is 251 g/mol. The first kappa shape index (κ1) is 9.96. The van der Waals surface area contributed by atoms with Gasteiger partial charge in [-0.25, -0.2) is 4.39 Å². The summed E-state index contributed by atoms with van der Waals surface area (Å²) in [4.78, 5) is 0. The van der Waals surface area contributed by atoms with Gasteiger partial charge in [-0.1, -0.05) is 17.7 Å². The van der Waals surface area contributed by atoms with Gasteiger partial charge < -0.3 is 5.73 Å². The maximum atomic E-state index is 12.1. The molecule has 1 aromatic carbocycles. The second kappa shape index (κ2) is 4.21. The molecule has 0 saturated heterocycles. The quantitative estimate of drug-likeness (QED) is 0.860. The number of alkyl halides is 1. The average molecular weight is 253 g/mol. The van der Waals surface area contributed by atoms with Crippen LogP contribution in [-0.4, -0.2) is 6.67 Å². The van der Waals surface area contributed by atoms with Crippen LogP contribution in [0.5, 0.6) is 0 Å². The molecule has 0 aliphatic carbocycles. The SMILES string of the molecule is NC(CF)c1ccc(Br)c(Cl)c1. The van der Waals surface area contributed by atoms with Gasteiger partial charge in [0.1, 0.15) is 6.67 Å². The predicted octanol–water partition coefficient (Wildman–Crippen LogP) is 3.07. The Balaban J connectivity index is 2.96. The second-order valence-corrected chi connectivity index (χ2v) is 3.70. The number of halogens is 3. The normalized spacial score (nSPS) is 13.0. The van der Waals surface area contributed by atoms with Crippen molar-refractivity contribution in [3.05, 3.63) is 33.3 Å². The Morgan fingerprint density at radius 3 is 2.75 bits per heavy atom. The van der Waals surface area contributed by atoms with Gasteiger partial charge in [0.15, 0.2) is 0 Å². The van der Waals surface area contributed by atoms with Crippen LogP contribution in [0, 0.1) is 0 Å². The summed E-state index contributed by atoms with van der Waals surface area (Å²) in [6.45, 7) is -0.571. The molecule has 0 aliphatic rings. The molecule has 4 heteroatoms. The maximum Gasteiger partial charge on any atom is 0.109 e. The standard InChI is InChI=1S/C8H8BrClFN/c9-6-2-1-5(3-7(6)10)8(12)4-11/h1-3,8H,4,12H2. The minimum absolute atomic E-state index is 0.552. The van der Waals surface area contributed by atoms with Gasteiger partial charge >= 0.3 is 0 Å². The highest BCUT2D eigenvalue weighted by Gasteiger charge is 2.06. The van der Waals surface area contributed by atoms with Crippen LogP contribution in [0.4, 0.5) is 4.39 Å². The molecule has 1 atom stereocenters. The Bertz CT molecular complexity index is 280. The van der Waals surface area contributed by atoms with E-state index >= 15 is 0 Å². The van der Waals surface area contributed by atoms with Crippen molar-refractivity contribution in [1.82, 2.24) is 0 Å². The van der Waals surface area contributed by atoms with E-state index in [0.717, 1.165) is 4.47 Å². The molecule has 1 unspecified atom stereocenters. The van der Waals surface area contributed by atoms with E-state index in [4.69, 9.17) is 17.3 Å². The largest absolute Gasteiger partial charge is 0.322 e. The minimum Gasteiger partial charge on any atom is -0.322 e. The number of hydrogen-bond acceptors (Lipinski definition) is 1. The number of benzene rings is 1. The zero-order chi connectivity index (χ0) is 9.14. The number of rotatable bonds is 2. The summed E-state index contributed by atoms with van der Waals surface area (Å²) in [6, 6.07) is 4.60. The zero-order valence-corrected chi connectivity index (χ0v) is 8.57. The zero-order valence-electron chi connectivity index (χ0n) is 6.23. The summed E-state index contributed by atoms with van der Waals surface area (Å²) in [5, 5.41) is 0.552. The highest BCUT2D eigenvalue weighted by molar-refractivity contribution is 9.10. The van der Waals surface area contributed by atoms with Gasteiger partial charge in [0.05, 0.1) is 11.1 Å². The lowest BCUT2D eigenvalue weighted by Crippen LogP contribution is -2.11. The van der Waals surface area contributed by atoms with Crippen molar-refractivity contribution in [3.63, 3.8) is 0 Å². The molecule has 1 rings (SSSR count). The highest BCUT2D eigenvalue weighted by atomic mass is 79.9. The molecule has 0 fully saturated rings. The Morgan fingerprint density at radius 2 is 2.25 bits per heavy atom. The van der Waals surface area contributed by atoms with Gasteiger partial charge in [-0.05, 0) is 33.6 Å². The first-order valence-electron chi connectivity index (χ1n) is 3.41. The average Bonchev–Trinajstić information content (AvgIpc) is 2.08. The Labute approximate surface area is 83.8 Å². The third-order valence-corrected chi connectivity index (χ3v) is 2.77. The van der Waals surface area contributed by atoms with Crippen LogP contribution in [0.15, 0.2) is 22.7 Å². The van der Waals surface area contributed by atoms with E-state index in [1.54, 1.807) is 18.2 Å². The van der Waals surface area contributed by atoms with E-state index in [9.17, 15) is 4.39 Å². The fourth-order valence-corrected chi connectivity index (χ4v) is 1.27. The first-order chi connectivity index (χ1) is 5.65. The van der Waals surface area contributed by atoms with Crippen molar-refractivity contribution >= 4 is 27.5 Å². The van der Waals surface area contributed by atoms with Crippen molar-refractivity contribution in [2.75, 3.05) is 6.67 Å². The third-order valence-electron chi connectivity index (χ3n) is 1.54. The first-order valence-corrected chi connectivity index (χ1v) is 4.58. The van der Waals surface area contributed by atoms with Crippen molar-refractivity contribution < 1.29 is 4.39 Å². The van der Waals surface area contributed by atoms with Crippen LogP contribution in [0.1, 0.15) is 11.6 Å². The van der Waals surface area contributed by atoms with Crippen molar-refractivity contribution in [3.8, 4) is 0 Å². The van der Waals surface area contributed by atoms with Gasteiger partial charge in [-0.15, -0.1) is 0 Å². The van der Waals surface area contributed by atoms with Gasteiger partial charge in [0, 0.05) is 4.47 Å². The molecule has 0 amide bonds. The molecule has 0 saturated carbocycles. The van der Waals surface area contributed by atoms with Crippen LogP contribution >= 0.6 is 27.5 Å². The topological polar surface area (TPSA) is 26.0 Å². The summed E-state index contributed by atoms with van der Waals surface area (Å²) in [5.41, 5.74) is 6.18. The molecule has 12 heavy (non-hydrogen) atoms. The fraction of sp³-hybridized carbons (Fsp3) is 0.250. The molecule has 0 radical (unpaired) electrons. The summed E-state index contributed by atoms with van der Waals surface area (Å²) in [5.74, 6) is 0. The van der Waals surface area contributed by atoms with Crippen LogP contribution in [0.2, 0.25) is 5.02 Å². The number of hydrogen-bond donors (Lipinski definition) is 1. The summed E-state index contributed by atoms with van der Waals surface area (Å²) < 4.78 is 12.9. The summed E-state index contributed by atoms with van der Waals surface area (Å²) >= 11 is 9.02. The Kier molecular flexibility index (Phi) is 3.50. The molecule has 1 nitrogen and oxygen atoms in total. The van der Waals surface area contributed by atoms with Crippen LogP contribution in [0.3, 0.4) is 0 Å². The van der Waals surface area contributed by atoms with Crippen LogP contribution in [0.25, 0.3) is 0 Å². The van der Waals surface area contributed by atoms with E-state index in [1.807, 2.05) is 0 Å². The molecular weight excluding hydrogens is 244 g/mol. The van der Waals surface area contributed by atoms with E-state index in [1.165, 1.54) is 0 Å². The maximum absolute atomic E-state index is 12.1. The Morgan fingerprint density at radius 1 is 1.58 bits per heavy atom. The number of nitrogens with two attached hydrogens (primary N) is 1. The third kappa shape index (κ3) is 2.19. The molecule has 0 aliphatic heterocycles. The van der Waals surface area contributed by atoms with Gasteiger partial charge in [-0.3, -0.25) is 0 Å². The van der Waals surface area contributed by atoms with E-state index in [-0.39, 0.29) is 0 Å². The predicted molar refractivity (Wildman–Crippen MR) is 52.1 cm³/mol.